The number of carbonyl (C=O) groups is 6. The van der Waals surface area contributed by atoms with Gasteiger partial charge in [-0.15, -0.1) is 0 Å². The van der Waals surface area contributed by atoms with E-state index < -0.39 is 115 Å². The second-order valence-corrected chi connectivity index (χ2v) is 21.1. The van der Waals surface area contributed by atoms with Crippen LogP contribution >= 0.6 is 0 Å². The lowest BCUT2D eigenvalue weighted by atomic mass is 9.83. The SMILES string of the molecule is CCNC(CCC(=O)NCCOCCOCCOCCOC(O)/C(NC(C)=O)=C(/O)C(O)CCO)(CCC(=O)NCCOCCOCCOCCOC(O)/C(NC(C)=O)=C(\O)C(O)CCO)CCC(=O)NCCOCCOCCOCCOC(O)/C(NC(C)=O)=C(\O)C(O)CCO. The number of aliphatic hydroxyl groups is 12. The lowest BCUT2D eigenvalue weighted by molar-refractivity contribution is -0.123. The van der Waals surface area contributed by atoms with Gasteiger partial charge in [0, 0.05) is 104 Å². The quantitative estimate of drug-likeness (QED) is 0.0154. The maximum atomic E-state index is 13.1. The summed E-state index contributed by atoms with van der Waals surface area (Å²) in [5.74, 6) is -5.00. The topological polar surface area (TPSA) is 540 Å². The molecular formula is C60H111N7O30. The second-order valence-electron chi connectivity index (χ2n) is 21.1. The highest BCUT2D eigenvalue weighted by atomic mass is 16.6. The van der Waals surface area contributed by atoms with Gasteiger partial charge in [0.25, 0.3) is 0 Å². The lowest BCUT2D eigenvalue weighted by Gasteiger charge is -2.35. The Bertz CT molecular complexity index is 1990. The Hall–Kier alpha value is -5.44. The van der Waals surface area contributed by atoms with Gasteiger partial charge in [-0.3, -0.25) is 28.8 Å². The number of nitrogens with one attached hydrogen (secondary N) is 7. The normalized spacial score (nSPS) is 14.9. The van der Waals surface area contributed by atoms with Crippen LogP contribution in [0, 0.1) is 0 Å². The summed E-state index contributed by atoms with van der Waals surface area (Å²) in [6.07, 6.45) is -9.68. The summed E-state index contributed by atoms with van der Waals surface area (Å²) in [5.41, 5.74) is -2.19. The first-order valence-corrected chi connectivity index (χ1v) is 32.1. The van der Waals surface area contributed by atoms with Crippen LogP contribution in [-0.4, -0.2) is 324 Å². The third-order valence-corrected chi connectivity index (χ3v) is 13.1. The molecule has 0 fully saturated rings. The molecule has 0 aliphatic rings. The summed E-state index contributed by atoms with van der Waals surface area (Å²) in [6.45, 7) is 7.38. The fourth-order valence-corrected chi connectivity index (χ4v) is 8.30. The molecule has 566 valence electrons. The van der Waals surface area contributed by atoms with E-state index in [1.165, 1.54) is 0 Å². The second kappa shape index (κ2) is 59.4. The molecule has 0 spiro atoms. The third-order valence-electron chi connectivity index (χ3n) is 13.1. The highest BCUT2D eigenvalue weighted by Gasteiger charge is 2.32. The molecule has 0 heterocycles. The number of hydrogen-bond acceptors (Lipinski definition) is 31. The van der Waals surface area contributed by atoms with Crippen molar-refractivity contribution in [1.82, 2.24) is 37.2 Å². The average molecular weight is 1410 g/mol. The number of amides is 6. The minimum Gasteiger partial charge on any atom is -0.508 e. The Morgan fingerprint density at radius 2 is 0.567 bits per heavy atom. The Labute approximate surface area is 565 Å². The maximum absolute atomic E-state index is 13.1. The zero-order valence-electron chi connectivity index (χ0n) is 56.3. The summed E-state index contributed by atoms with van der Waals surface area (Å²) in [5, 5.41) is 137. The molecule has 0 rings (SSSR count). The van der Waals surface area contributed by atoms with Gasteiger partial charge in [0.1, 0.15) is 52.7 Å². The number of rotatable bonds is 65. The predicted molar refractivity (Wildman–Crippen MR) is 340 cm³/mol. The van der Waals surface area contributed by atoms with Crippen LogP contribution in [0.2, 0.25) is 0 Å². The molecule has 0 saturated carbocycles. The number of hydrogen-bond donors (Lipinski definition) is 19. The molecule has 37 nitrogen and oxygen atoms in total. The van der Waals surface area contributed by atoms with Crippen molar-refractivity contribution in [3.05, 3.63) is 34.4 Å². The average Bonchev–Trinajstić information content (AvgIpc) is 0.944. The summed E-state index contributed by atoms with van der Waals surface area (Å²) in [7, 11) is 0. The minimum atomic E-state index is -1.79. The minimum absolute atomic E-state index is 0.00965. The summed E-state index contributed by atoms with van der Waals surface area (Å²) in [6, 6.07) is 0. The lowest BCUT2D eigenvalue weighted by Crippen LogP contribution is -2.48. The number of aliphatic hydroxyl groups excluding tert-OH is 12. The number of ether oxygens (including phenoxy) is 12. The van der Waals surface area contributed by atoms with Gasteiger partial charge in [-0.2, -0.15) is 0 Å². The molecule has 0 radical (unpaired) electrons. The van der Waals surface area contributed by atoms with Crippen molar-refractivity contribution >= 4 is 35.4 Å². The molecule has 6 amide bonds. The van der Waals surface area contributed by atoms with Crippen LogP contribution in [0.15, 0.2) is 34.4 Å². The zero-order valence-corrected chi connectivity index (χ0v) is 56.3. The standard InChI is InChI=1S/C60H111N7O30/c1-5-64-60(12-6-48(77)61-15-21-86-24-27-89-30-33-92-36-39-95-57(83)51(65-42(2)71)54(80)45(74)9-18-68,13-7-49(78)62-16-22-87-25-28-90-31-34-93-37-40-96-58(84)52(66-43(3)72)55(81)46(75)10-19-69)14-8-50(79)63-17-23-88-26-29-91-32-35-94-38-41-97-59(85)53(67-44(4)73)56(82)47(76)11-20-70/h45-47,57-59,64,68-70,74-76,80-85H,5-41H2,1-4H3,(H,61,77)(H,62,78)(H,63,79)(H,65,71)(H,66,72)(H,67,73)/b54-51-,55-52+,56-53+. The van der Waals surface area contributed by atoms with E-state index in [4.69, 9.17) is 72.2 Å². The van der Waals surface area contributed by atoms with E-state index in [1.807, 2.05) is 6.92 Å². The molecule has 6 unspecified atom stereocenters. The van der Waals surface area contributed by atoms with E-state index in [1.54, 1.807) is 0 Å². The van der Waals surface area contributed by atoms with E-state index in [9.17, 15) is 74.7 Å². The van der Waals surface area contributed by atoms with Crippen LogP contribution in [0.4, 0.5) is 0 Å². The smallest absolute Gasteiger partial charge is 0.221 e. The first-order valence-electron chi connectivity index (χ1n) is 32.1. The Morgan fingerprint density at radius 3 is 0.773 bits per heavy atom. The summed E-state index contributed by atoms with van der Waals surface area (Å²) in [4.78, 5) is 74.0. The van der Waals surface area contributed by atoms with Crippen molar-refractivity contribution in [1.29, 1.82) is 0 Å². The van der Waals surface area contributed by atoms with Crippen molar-refractivity contribution < 1.29 is 147 Å². The molecule has 0 aromatic heterocycles. The monoisotopic (exact) mass is 1410 g/mol. The van der Waals surface area contributed by atoms with Gasteiger partial charge in [0.2, 0.25) is 35.4 Å². The highest BCUT2D eigenvalue weighted by molar-refractivity contribution is 5.78. The van der Waals surface area contributed by atoms with Crippen LogP contribution < -0.4 is 37.2 Å². The van der Waals surface area contributed by atoms with Crippen LogP contribution in [0.1, 0.15) is 85.5 Å². The Morgan fingerprint density at radius 1 is 0.351 bits per heavy atom. The molecular weight excluding hydrogens is 1300 g/mol. The fraction of sp³-hybridized carbons (Fsp3) is 0.800. The molecule has 0 aromatic carbocycles. The number of carbonyl (C=O) groups excluding carboxylic acids is 6. The van der Waals surface area contributed by atoms with E-state index in [2.05, 4.69) is 37.2 Å². The Balaban J connectivity index is 5.05. The largest absolute Gasteiger partial charge is 0.508 e. The molecule has 0 saturated heterocycles. The van der Waals surface area contributed by atoms with Crippen LogP contribution in [0.3, 0.4) is 0 Å². The molecule has 37 heteroatoms. The highest BCUT2D eigenvalue weighted by Crippen LogP contribution is 2.26. The van der Waals surface area contributed by atoms with Crippen LogP contribution in [0.25, 0.3) is 0 Å². The molecule has 0 aliphatic heterocycles. The molecule has 97 heavy (non-hydrogen) atoms. The van der Waals surface area contributed by atoms with Gasteiger partial charge in [0.15, 0.2) is 18.9 Å². The van der Waals surface area contributed by atoms with Crippen LogP contribution in [-0.2, 0) is 85.6 Å². The van der Waals surface area contributed by atoms with Gasteiger partial charge in [-0.25, -0.2) is 0 Å². The fourth-order valence-electron chi connectivity index (χ4n) is 8.30. The Kier molecular flexibility index (Phi) is 56.1. The van der Waals surface area contributed by atoms with Crippen molar-refractivity contribution in [2.75, 3.05) is 185 Å². The molecule has 0 aliphatic carbocycles. The summed E-state index contributed by atoms with van der Waals surface area (Å²) >= 11 is 0. The molecule has 0 bridgehead atoms. The molecule has 0 aromatic rings. The predicted octanol–water partition coefficient (Wildman–Crippen LogP) is -4.87. The van der Waals surface area contributed by atoms with Crippen molar-refractivity contribution in [2.45, 2.75) is 128 Å². The molecule has 19 N–H and O–H groups in total. The van der Waals surface area contributed by atoms with Crippen molar-refractivity contribution in [3.8, 4) is 0 Å². The van der Waals surface area contributed by atoms with Crippen molar-refractivity contribution in [2.24, 2.45) is 0 Å². The van der Waals surface area contributed by atoms with E-state index in [-0.39, 0.29) is 234 Å². The van der Waals surface area contributed by atoms with Gasteiger partial charge in [-0.05, 0) is 25.8 Å². The van der Waals surface area contributed by atoms with Crippen molar-refractivity contribution in [3.63, 3.8) is 0 Å². The molecule has 6 atom stereocenters. The van der Waals surface area contributed by atoms with E-state index in [0.717, 1.165) is 20.8 Å². The third kappa shape index (κ3) is 48.1. The van der Waals surface area contributed by atoms with Gasteiger partial charge < -0.3 is 155 Å². The van der Waals surface area contributed by atoms with E-state index in [0.29, 0.717) is 6.54 Å². The first kappa shape index (κ1) is 91.6. The summed E-state index contributed by atoms with van der Waals surface area (Å²) < 4.78 is 65.0. The zero-order chi connectivity index (χ0) is 72.5. The van der Waals surface area contributed by atoms with Gasteiger partial charge in [0.05, 0.1) is 139 Å². The maximum Gasteiger partial charge on any atom is 0.221 e. The van der Waals surface area contributed by atoms with Crippen LogP contribution in [0.5, 0.6) is 0 Å². The first-order chi connectivity index (χ1) is 46.5. The van der Waals surface area contributed by atoms with E-state index >= 15 is 0 Å². The van der Waals surface area contributed by atoms with Gasteiger partial charge in [-0.1, -0.05) is 6.92 Å². The van der Waals surface area contributed by atoms with Gasteiger partial charge >= 0.3 is 0 Å².